The second kappa shape index (κ2) is 29.1. The number of ether oxygens (including phenoxy) is 1. The highest BCUT2D eigenvalue weighted by Crippen LogP contribution is 2.27. The maximum absolute atomic E-state index is 6.41. The van der Waals surface area contributed by atoms with E-state index in [1.54, 1.807) is 0 Å². The molecule has 0 rings (SSSR count). The van der Waals surface area contributed by atoms with Crippen molar-refractivity contribution in [3.8, 4) is 0 Å². The van der Waals surface area contributed by atoms with Gasteiger partial charge in [-0.25, -0.2) is 0 Å². The third-order valence-corrected chi connectivity index (χ3v) is 7.75. The standard InChI is InChI=1S/C34H69NO/c1-6-11-14-17-18-23-28-33(27-22-16-13-8-3)34(10-5)36-32-26-21-20-25-31-35(29-9-4)30-24-19-15-12-7-2/h10,33H,6-9,11-32H2,1-5H3/b34-10+. The summed E-state index contributed by atoms with van der Waals surface area (Å²) in [7, 11) is 0. The van der Waals surface area contributed by atoms with Crippen LogP contribution in [0.4, 0.5) is 0 Å². The molecule has 0 fully saturated rings. The van der Waals surface area contributed by atoms with Gasteiger partial charge >= 0.3 is 0 Å². The maximum Gasteiger partial charge on any atom is 0.0947 e. The largest absolute Gasteiger partial charge is 0.498 e. The van der Waals surface area contributed by atoms with Gasteiger partial charge in [-0.15, -0.1) is 0 Å². The van der Waals surface area contributed by atoms with Gasteiger partial charge in [0.25, 0.3) is 0 Å². The quantitative estimate of drug-likeness (QED) is 0.0737. The topological polar surface area (TPSA) is 12.5 Å². The molecule has 0 aliphatic rings. The van der Waals surface area contributed by atoms with Crippen LogP contribution in [-0.2, 0) is 4.74 Å². The zero-order valence-corrected chi connectivity index (χ0v) is 25.9. The lowest BCUT2D eigenvalue weighted by atomic mass is 9.92. The maximum atomic E-state index is 6.41. The van der Waals surface area contributed by atoms with Crippen LogP contribution < -0.4 is 0 Å². The molecule has 0 aromatic rings. The number of hydrogen-bond acceptors (Lipinski definition) is 2. The summed E-state index contributed by atoms with van der Waals surface area (Å²) < 4.78 is 6.41. The number of hydrogen-bond donors (Lipinski definition) is 0. The Morgan fingerprint density at radius 1 is 0.528 bits per heavy atom. The Morgan fingerprint density at radius 2 is 0.972 bits per heavy atom. The molecule has 0 aliphatic carbocycles. The van der Waals surface area contributed by atoms with Crippen LogP contribution >= 0.6 is 0 Å². The molecule has 216 valence electrons. The average molecular weight is 508 g/mol. The van der Waals surface area contributed by atoms with E-state index in [9.17, 15) is 0 Å². The van der Waals surface area contributed by atoms with E-state index in [1.165, 1.54) is 167 Å². The highest BCUT2D eigenvalue weighted by atomic mass is 16.5. The molecule has 0 amide bonds. The second-order valence-electron chi connectivity index (χ2n) is 11.3. The molecule has 0 saturated carbocycles. The Kier molecular flexibility index (Phi) is 28.7. The van der Waals surface area contributed by atoms with Gasteiger partial charge in [0.2, 0.25) is 0 Å². The van der Waals surface area contributed by atoms with Crippen LogP contribution in [0.1, 0.15) is 176 Å². The molecule has 0 radical (unpaired) electrons. The second-order valence-corrected chi connectivity index (χ2v) is 11.3. The van der Waals surface area contributed by atoms with Gasteiger partial charge in [-0.1, -0.05) is 130 Å². The molecule has 36 heavy (non-hydrogen) atoms. The van der Waals surface area contributed by atoms with Crippen LogP contribution in [0.15, 0.2) is 11.8 Å². The van der Waals surface area contributed by atoms with Crippen LogP contribution in [0.3, 0.4) is 0 Å². The number of allylic oxidation sites excluding steroid dienone is 2. The first-order valence-corrected chi connectivity index (χ1v) is 16.7. The molecule has 0 aliphatic heterocycles. The van der Waals surface area contributed by atoms with Crippen molar-refractivity contribution in [3.63, 3.8) is 0 Å². The molecule has 0 spiro atoms. The zero-order chi connectivity index (χ0) is 26.5. The highest BCUT2D eigenvalue weighted by Gasteiger charge is 2.15. The number of unbranched alkanes of at least 4 members (excludes halogenated alkanes) is 15. The summed E-state index contributed by atoms with van der Waals surface area (Å²) in [5.74, 6) is 1.95. The molecular weight excluding hydrogens is 438 g/mol. The Balaban J connectivity index is 4.19. The lowest BCUT2D eigenvalue weighted by Crippen LogP contribution is -2.27. The molecular formula is C34H69NO. The van der Waals surface area contributed by atoms with Crippen LogP contribution in [0.2, 0.25) is 0 Å². The van der Waals surface area contributed by atoms with Gasteiger partial charge in [-0.3, -0.25) is 0 Å². The minimum absolute atomic E-state index is 0.651. The van der Waals surface area contributed by atoms with Gasteiger partial charge in [0, 0.05) is 5.92 Å². The smallest absolute Gasteiger partial charge is 0.0947 e. The molecule has 2 nitrogen and oxygen atoms in total. The van der Waals surface area contributed by atoms with E-state index in [1.807, 2.05) is 0 Å². The summed E-state index contributed by atoms with van der Waals surface area (Å²) in [6, 6.07) is 0. The monoisotopic (exact) mass is 508 g/mol. The van der Waals surface area contributed by atoms with Gasteiger partial charge in [0.05, 0.1) is 12.4 Å². The van der Waals surface area contributed by atoms with Crippen molar-refractivity contribution in [2.45, 2.75) is 176 Å². The molecule has 0 N–H and O–H groups in total. The minimum Gasteiger partial charge on any atom is -0.498 e. The van der Waals surface area contributed by atoms with Crippen molar-refractivity contribution in [1.29, 1.82) is 0 Å². The van der Waals surface area contributed by atoms with E-state index in [2.05, 4.69) is 45.6 Å². The fourth-order valence-electron chi connectivity index (χ4n) is 5.43. The van der Waals surface area contributed by atoms with E-state index in [-0.39, 0.29) is 0 Å². The molecule has 1 unspecified atom stereocenters. The van der Waals surface area contributed by atoms with Crippen molar-refractivity contribution in [2.24, 2.45) is 5.92 Å². The van der Waals surface area contributed by atoms with Gasteiger partial charge < -0.3 is 9.64 Å². The summed E-state index contributed by atoms with van der Waals surface area (Å²) >= 11 is 0. The van der Waals surface area contributed by atoms with E-state index in [4.69, 9.17) is 4.74 Å². The molecule has 0 heterocycles. The lowest BCUT2D eigenvalue weighted by molar-refractivity contribution is 0.161. The van der Waals surface area contributed by atoms with Crippen molar-refractivity contribution in [1.82, 2.24) is 4.90 Å². The van der Waals surface area contributed by atoms with Crippen LogP contribution in [0.25, 0.3) is 0 Å². The van der Waals surface area contributed by atoms with Gasteiger partial charge in [0.15, 0.2) is 0 Å². The fraction of sp³-hybridized carbons (Fsp3) is 0.941. The van der Waals surface area contributed by atoms with E-state index in [0.717, 1.165) is 6.61 Å². The summed E-state index contributed by atoms with van der Waals surface area (Å²) in [5, 5.41) is 0. The molecule has 0 aromatic carbocycles. The summed E-state index contributed by atoms with van der Waals surface area (Å²) in [5.41, 5.74) is 0. The Bertz CT molecular complexity index is 446. The third-order valence-electron chi connectivity index (χ3n) is 7.75. The highest BCUT2D eigenvalue weighted by molar-refractivity contribution is 4.97. The molecule has 0 saturated heterocycles. The normalized spacial score (nSPS) is 13.0. The molecule has 0 aromatic heterocycles. The first kappa shape index (κ1) is 35.5. The van der Waals surface area contributed by atoms with Crippen LogP contribution in [-0.4, -0.2) is 31.1 Å². The summed E-state index contributed by atoms with van der Waals surface area (Å²) in [4.78, 5) is 2.71. The van der Waals surface area contributed by atoms with Crippen molar-refractivity contribution < 1.29 is 4.74 Å². The van der Waals surface area contributed by atoms with E-state index in [0.29, 0.717) is 5.92 Å². The zero-order valence-electron chi connectivity index (χ0n) is 25.9. The van der Waals surface area contributed by atoms with Gasteiger partial charge in [-0.2, -0.15) is 0 Å². The molecule has 0 bridgehead atoms. The Labute approximate surface area is 229 Å². The van der Waals surface area contributed by atoms with Crippen molar-refractivity contribution >= 4 is 0 Å². The Morgan fingerprint density at radius 3 is 1.47 bits per heavy atom. The van der Waals surface area contributed by atoms with Gasteiger partial charge in [0.1, 0.15) is 0 Å². The third kappa shape index (κ3) is 22.7. The summed E-state index contributed by atoms with van der Waals surface area (Å²) in [6.07, 6.45) is 32.2. The van der Waals surface area contributed by atoms with E-state index >= 15 is 0 Å². The van der Waals surface area contributed by atoms with Crippen LogP contribution in [0.5, 0.6) is 0 Å². The van der Waals surface area contributed by atoms with Crippen LogP contribution in [0, 0.1) is 5.92 Å². The average Bonchev–Trinajstić information content (AvgIpc) is 2.89. The first-order chi connectivity index (χ1) is 17.7. The van der Waals surface area contributed by atoms with Crippen molar-refractivity contribution in [3.05, 3.63) is 11.8 Å². The first-order valence-electron chi connectivity index (χ1n) is 16.7. The summed E-state index contributed by atoms with van der Waals surface area (Å²) in [6.45, 7) is 16.2. The van der Waals surface area contributed by atoms with Gasteiger partial charge in [-0.05, 0) is 71.2 Å². The SMILES string of the molecule is C/C=C(/OCCCCCCN(CCC)CCCCCCC)C(CCCCCC)CCCCCCCC. The predicted molar refractivity (Wildman–Crippen MR) is 164 cm³/mol. The molecule has 2 heteroatoms. The fourth-order valence-corrected chi connectivity index (χ4v) is 5.43. The lowest BCUT2D eigenvalue weighted by Gasteiger charge is -2.22. The number of rotatable bonds is 29. The number of nitrogens with zero attached hydrogens (tertiary/aromatic N) is 1. The van der Waals surface area contributed by atoms with E-state index < -0.39 is 0 Å². The Hall–Kier alpha value is -0.500. The van der Waals surface area contributed by atoms with Crippen molar-refractivity contribution in [2.75, 3.05) is 26.2 Å². The predicted octanol–water partition coefficient (Wildman–Crippen LogP) is 11.5. The minimum atomic E-state index is 0.651. The molecule has 1 atom stereocenters.